The van der Waals surface area contributed by atoms with Crippen LogP contribution in [0, 0.1) is 5.82 Å². The molecule has 0 fully saturated rings. The average molecular weight is 356 g/mol. The summed E-state index contributed by atoms with van der Waals surface area (Å²) in [5, 5.41) is 2.96. The van der Waals surface area contributed by atoms with Crippen LogP contribution in [0.5, 0.6) is 0 Å². The van der Waals surface area contributed by atoms with Crippen LogP contribution in [0.4, 0.5) is 15.8 Å². The maximum absolute atomic E-state index is 13.6. The highest BCUT2D eigenvalue weighted by Crippen LogP contribution is 2.17. The third-order valence-electron chi connectivity index (χ3n) is 3.01. The topological polar surface area (TPSA) is 81.3 Å². The highest BCUT2D eigenvalue weighted by molar-refractivity contribution is 7.80. The van der Waals surface area contributed by atoms with Crippen LogP contribution in [-0.2, 0) is 22.5 Å². The maximum atomic E-state index is 13.6. The van der Waals surface area contributed by atoms with E-state index in [-0.39, 0.29) is 18.7 Å². The molecule has 0 aliphatic heterocycles. The summed E-state index contributed by atoms with van der Waals surface area (Å²) >= 11 is 3.27. The van der Waals surface area contributed by atoms with E-state index in [9.17, 15) is 17.9 Å². The number of anilines is 2. The van der Waals surface area contributed by atoms with Crippen LogP contribution < -0.4 is 10.0 Å². The van der Waals surface area contributed by atoms with Gasteiger partial charge in [0.15, 0.2) is 0 Å². The fourth-order valence-electron chi connectivity index (χ4n) is 1.91. The molecule has 1 amide bonds. The lowest BCUT2D eigenvalue weighted by Gasteiger charge is -2.10. The van der Waals surface area contributed by atoms with Crippen molar-refractivity contribution in [1.29, 1.82) is 0 Å². The summed E-state index contributed by atoms with van der Waals surface area (Å²) in [5.41, 5.74) is 1.33. The number of halogens is 2. The van der Waals surface area contributed by atoms with Gasteiger partial charge < -0.3 is 14.6 Å². The van der Waals surface area contributed by atoms with Crippen molar-refractivity contribution in [3.05, 3.63) is 58.9 Å². The first-order valence-corrected chi connectivity index (χ1v) is 8.09. The predicted molar refractivity (Wildman–Crippen MR) is 87.3 cm³/mol. The quantitative estimate of drug-likeness (QED) is 0.780. The van der Waals surface area contributed by atoms with Crippen LogP contribution in [0.3, 0.4) is 0 Å². The molecule has 0 aliphatic rings. The molecule has 8 heteroatoms. The van der Waals surface area contributed by atoms with Crippen molar-refractivity contribution in [2.24, 2.45) is 0 Å². The van der Waals surface area contributed by atoms with E-state index in [0.717, 1.165) is 0 Å². The summed E-state index contributed by atoms with van der Waals surface area (Å²) in [7, 11) is 0. The maximum Gasteiger partial charge on any atom is 0.224 e. The number of rotatable bonds is 6. The molecule has 2 N–H and O–H groups in total. The van der Waals surface area contributed by atoms with Crippen molar-refractivity contribution in [2.75, 3.05) is 10.0 Å². The zero-order valence-corrected chi connectivity index (χ0v) is 13.4. The number of benzene rings is 2. The predicted octanol–water partition coefficient (Wildman–Crippen LogP) is 3.26. The van der Waals surface area contributed by atoms with E-state index >= 15 is 0 Å². The molecule has 1 unspecified atom stereocenters. The molecular weight excluding hydrogens is 343 g/mol. The molecule has 5 nitrogen and oxygen atoms in total. The molecule has 0 aromatic heterocycles. The highest BCUT2D eigenvalue weighted by Gasteiger charge is 2.07. The lowest BCUT2D eigenvalue weighted by atomic mass is 10.1. The molecular formula is C15H13ClFN2O3S-. The number of carbonyl (C=O) groups excluding carboxylic acids is 1. The molecule has 1 atom stereocenters. The highest BCUT2D eigenvalue weighted by atomic mass is 35.5. The Morgan fingerprint density at radius 2 is 1.83 bits per heavy atom. The van der Waals surface area contributed by atoms with Gasteiger partial charge in [-0.1, -0.05) is 17.7 Å². The van der Waals surface area contributed by atoms with Gasteiger partial charge >= 0.3 is 0 Å². The standard InChI is InChI=1S/C15H14ClFN2O3S/c16-11-3-1-10(14(17)9-11)2-8-15(20)18-12-4-6-13(7-5-12)19-23(21)22/h1,3-7,9,19H,2,8H2,(H,18,20)(H,21,22)/p-1. The number of aryl methyl sites for hydroxylation is 1. The zero-order chi connectivity index (χ0) is 16.8. The van der Waals surface area contributed by atoms with Gasteiger partial charge in [0.05, 0.1) is 0 Å². The second-order valence-corrected chi connectivity index (χ2v) is 5.81. The van der Waals surface area contributed by atoms with E-state index in [4.69, 9.17) is 11.6 Å². The van der Waals surface area contributed by atoms with Crippen molar-refractivity contribution in [1.82, 2.24) is 0 Å². The van der Waals surface area contributed by atoms with Crippen LogP contribution in [0.2, 0.25) is 5.02 Å². The Morgan fingerprint density at radius 3 is 2.43 bits per heavy atom. The minimum Gasteiger partial charge on any atom is -0.755 e. The van der Waals surface area contributed by atoms with Gasteiger partial charge in [-0.2, -0.15) is 0 Å². The Labute approximate surface area is 140 Å². The summed E-state index contributed by atoms with van der Waals surface area (Å²) in [6.45, 7) is 0. The minimum absolute atomic E-state index is 0.114. The minimum atomic E-state index is -2.39. The van der Waals surface area contributed by atoms with E-state index in [1.54, 1.807) is 24.3 Å². The van der Waals surface area contributed by atoms with Gasteiger partial charge in [0.1, 0.15) is 5.82 Å². The molecule has 0 saturated carbocycles. The lowest BCUT2D eigenvalue weighted by molar-refractivity contribution is -0.116. The van der Waals surface area contributed by atoms with Gasteiger partial charge in [0.2, 0.25) is 5.91 Å². The Balaban J connectivity index is 1.88. The number of hydrogen-bond donors (Lipinski definition) is 2. The number of carbonyl (C=O) groups is 1. The molecule has 0 spiro atoms. The number of amides is 1. The van der Waals surface area contributed by atoms with E-state index in [1.165, 1.54) is 18.2 Å². The summed E-state index contributed by atoms with van der Waals surface area (Å²) in [6.07, 6.45) is 0.368. The molecule has 0 aliphatic carbocycles. The van der Waals surface area contributed by atoms with E-state index in [1.807, 2.05) is 0 Å². The molecule has 0 radical (unpaired) electrons. The summed E-state index contributed by atoms with van der Waals surface area (Å²) in [5.74, 6) is -0.709. The van der Waals surface area contributed by atoms with E-state index in [2.05, 4.69) is 10.0 Å². The average Bonchev–Trinajstić information content (AvgIpc) is 2.48. The monoisotopic (exact) mass is 355 g/mol. The molecule has 23 heavy (non-hydrogen) atoms. The summed E-state index contributed by atoms with van der Waals surface area (Å²) < 4.78 is 36.8. The first kappa shape index (κ1) is 17.4. The fraction of sp³-hybridized carbons (Fsp3) is 0.133. The van der Waals surface area contributed by atoms with Crippen molar-refractivity contribution in [2.45, 2.75) is 12.8 Å². The van der Waals surface area contributed by atoms with Crippen molar-refractivity contribution >= 4 is 40.1 Å². The van der Waals surface area contributed by atoms with Gasteiger partial charge in [0.25, 0.3) is 0 Å². The normalized spacial score (nSPS) is 11.8. The van der Waals surface area contributed by atoms with Gasteiger partial charge in [-0.15, -0.1) is 0 Å². The fourth-order valence-corrected chi connectivity index (χ4v) is 2.40. The van der Waals surface area contributed by atoms with Crippen LogP contribution in [0.25, 0.3) is 0 Å². The van der Waals surface area contributed by atoms with Crippen LogP contribution in [-0.4, -0.2) is 14.7 Å². The first-order chi connectivity index (χ1) is 10.9. The first-order valence-electron chi connectivity index (χ1n) is 6.64. The third-order valence-corrected chi connectivity index (χ3v) is 3.64. The van der Waals surface area contributed by atoms with Crippen LogP contribution >= 0.6 is 11.6 Å². The van der Waals surface area contributed by atoms with E-state index < -0.39 is 17.1 Å². The molecule has 2 aromatic rings. The van der Waals surface area contributed by atoms with Gasteiger partial charge in [-0.05, 0) is 48.4 Å². The summed E-state index contributed by atoms with van der Waals surface area (Å²) in [4.78, 5) is 11.9. The zero-order valence-electron chi connectivity index (χ0n) is 11.8. The lowest BCUT2D eigenvalue weighted by Crippen LogP contribution is -2.12. The Hall–Kier alpha value is -1.96. The third kappa shape index (κ3) is 5.63. The molecule has 0 bridgehead atoms. The van der Waals surface area contributed by atoms with Gasteiger partial charge in [-0.25, -0.2) is 4.39 Å². The Kier molecular flexibility index (Phi) is 6.09. The van der Waals surface area contributed by atoms with Crippen LogP contribution in [0.15, 0.2) is 42.5 Å². The van der Waals surface area contributed by atoms with Gasteiger partial charge in [0, 0.05) is 34.1 Å². The second-order valence-electron chi connectivity index (χ2n) is 4.70. The largest absolute Gasteiger partial charge is 0.755 e. The Morgan fingerprint density at radius 1 is 1.17 bits per heavy atom. The molecule has 0 saturated heterocycles. The Bertz CT molecular complexity index is 725. The van der Waals surface area contributed by atoms with Crippen molar-refractivity contribution in [3.63, 3.8) is 0 Å². The molecule has 2 aromatic carbocycles. The number of hydrogen-bond acceptors (Lipinski definition) is 3. The van der Waals surface area contributed by atoms with E-state index in [0.29, 0.717) is 22.0 Å². The number of nitrogens with one attached hydrogen (secondary N) is 2. The molecule has 2 rings (SSSR count). The smallest absolute Gasteiger partial charge is 0.224 e. The molecule has 0 heterocycles. The SMILES string of the molecule is O=C(CCc1ccc(Cl)cc1F)Nc1ccc(NS(=O)[O-])cc1. The van der Waals surface area contributed by atoms with Crippen molar-refractivity contribution in [3.8, 4) is 0 Å². The van der Waals surface area contributed by atoms with Crippen LogP contribution in [0.1, 0.15) is 12.0 Å². The molecule has 122 valence electrons. The van der Waals surface area contributed by atoms with Gasteiger partial charge in [-0.3, -0.25) is 9.00 Å². The summed E-state index contributed by atoms with van der Waals surface area (Å²) in [6, 6.07) is 10.5. The second kappa shape index (κ2) is 8.05. The van der Waals surface area contributed by atoms with Crippen molar-refractivity contribution < 1.29 is 17.9 Å².